The van der Waals surface area contributed by atoms with Crippen molar-refractivity contribution in [3.8, 4) is 0 Å². The number of hydrogen-bond donors (Lipinski definition) is 2. The van der Waals surface area contributed by atoms with Crippen LogP contribution in [0.15, 0.2) is 10.5 Å². The zero-order chi connectivity index (χ0) is 8.43. The molecule has 1 aromatic rings. The molecule has 1 N–H and O–H groups in total. The van der Waals surface area contributed by atoms with Gasteiger partial charge in [0.05, 0.1) is 5.69 Å². The molecule has 0 aliphatic heterocycles. The van der Waals surface area contributed by atoms with Crippen molar-refractivity contribution in [3.63, 3.8) is 0 Å². The normalized spacial score (nSPS) is 9.73. The van der Waals surface area contributed by atoms with E-state index < -0.39 is 0 Å². The highest BCUT2D eigenvalue weighted by Crippen LogP contribution is 2.19. The van der Waals surface area contributed by atoms with E-state index in [1.54, 1.807) is 13.0 Å². The van der Waals surface area contributed by atoms with E-state index in [9.17, 15) is 4.79 Å². The standard InChI is InChI=1S/C7H9NO2S/c1-4-3-6(5(2)10-4)8-7(9)11/h3H,1-2H3,(H2,8,9,11). The molecule has 1 aromatic heterocycles. The quantitative estimate of drug-likeness (QED) is 0.637. The maximum Gasteiger partial charge on any atom is 0.280 e. The van der Waals surface area contributed by atoms with E-state index in [4.69, 9.17) is 4.42 Å². The summed E-state index contributed by atoms with van der Waals surface area (Å²) in [6, 6.07) is 1.75. The SMILES string of the molecule is Cc1cc(NC(=O)S)c(C)o1. The number of amides is 1. The van der Waals surface area contributed by atoms with Crippen molar-refractivity contribution in [2.45, 2.75) is 13.8 Å². The third-order valence-electron chi connectivity index (χ3n) is 1.28. The molecule has 11 heavy (non-hydrogen) atoms. The minimum Gasteiger partial charge on any atom is -0.464 e. The van der Waals surface area contributed by atoms with Crippen molar-refractivity contribution in [3.05, 3.63) is 17.6 Å². The van der Waals surface area contributed by atoms with Gasteiger partial charge in [-0.25, -0.2) is 0 Å². The number of rotatable bonds is 1. The summed E-state index contributed by atoms with van der Waals surface area (Å²) >= 11 is 3.57. The largest absolute Gasteiger partial charge is 0.464 e. The van der Waals surface area contributed by atoms with E-state index in [1.165, 1.54) is 0 Å². The van der Waals surface area contributed by atoms with Crippen LogP contribution in [0.2, 0.25) is 0 Å². The third kappa shape index (κ3) is 2.01. The van der Waals surface area contributed by atoms with Gasteiger partial charge in [0, 0.05) is 6.07 Å². The lowest BCUT2D eigenvalue weighted by Crippen LogP contribution is -2.00. The predicted octanol–water partition coefficient (Wildman–Crippen LogP) is 2.36. The van der Waals surface area contributed by atoms with E-state index in [0.717, 1.165) is 5.76 Å². The van der Waals surface area contributed by atoms with Crippen LogP contribution in [-0.2, 0) is 0 Å². The molecule has 0 aromatic carbocycles. The van der Waals surface area contributed by atoms with E-state index >= 15 is 0 Å². The van der Waals surface area contributed by atoms with Crippen LogP contribution in [0, 0.1) is 13.8 Å². The molecule has 3 nitrogen and oxygen atoms in total. The lowest BCUT2D eigenvalue weighted by atomic mass is 10.4. The lowest BCUT2D eigenvalue weighted by molar-refractivity contribution is 0.270. The Balaban J connectivity index is 2.85. The van der Waals surface area contributed by atoms with Gasteiger partial charge in [0.2, 0.25) is 0 Å². The van der Waals surface area contributed by atoms with Crippen LogP contribution < -0.4 is 5.32 Å². The summed E-state index contributed by atoms with van der Waals surface area (Å²) in [6.07, 6.45) is 0. The molecule has 1 heterocycles. The Morgan fingerprint density at radius 1 is 1.64 bits per heavy atom. The molecule has 1 rings (SSSR count). The molecule has 0 fully saturated rings. The van der Waals surface area contributed by atoms with E-state index in [-0.39, 0.29) is 5.24 Å². The molecule has 0 bridgehead atoms. The van der Waals surface area contributed by atoms with Crippen LogP contribution in [0.1, 0.15) is 11.5 Å². The van der Waals surface area contributed by atoms with Crippen LogP contribution in [0.5, 0.6) is 0 Å². The lowest BCUT2D eigenvalue weighted by Gasteiger charge is -1.95. The Labute approximate surface area is 70.2 Å². The van der Waals surface area contributed by atoms with Crippen LogP contribution in [0.3, 0.4) is 0 Å². The van der Waals surface area contributed by atoms with Gasteiger partial charge in [0.1, 0.15) is 11.5 Å². The van der Waals surface area contributed by atoms with Crippen LogP contribution in [0.4, 0.5) is 10.5 Å². The fraction of sp³-hybridized carbons (Fsp3) is 0.286. The number of aryl methyl sites for hydroxylation is 2. The maximum atomic E-state index is 10.5. The van der Waals surface area contributed by atoms with Crippen LogP contribution >= 0.6 is 12.6 Å². The van der Waals surface area contributed by atoms with Gasteiger partial charge in [0.25, 0.3) is 5.24 Å². The van der Waals surface area contributed by atoms with Crippen molar-refractivity contribution in [2.24, 2.45) is 0 Å². The first kappa shape index (κ1) is 8.20. The number of hydrogen-bond acceptors (Lipinski definition) is 2. The van der Waals surface area contributed by atoms with Gasteiger partial charge >= 0.3 is 0 Å². The second-order valence-corrected chi connectivity index (χ2v) is 2.66. The molecule has 0 saturated heterocycles. The summed E-state index contributed by atoms with van der Waals surface area (Å²) in [7, 11) is 0. The average molecular weight is 171 g/mol. The zero-order valence-electron chi connectivity index (χ0n) is 6.34. The Morgan fingerprint density at radius 3 is 2.64 bits per heavy atom. The fourth-order valence-corrected chi connectivity index (χ4v) is 0.991. The number of nitrogens with one attached hydrogen (secondary N) is 1. The predicted molar refractivity (Wildman–Crippen MR) is 46.2 cm³/mol. The second kappa shape index (κ2) is 3.00. The Bertz CT molecular complexity index is 280. The van der Waals surface area contributed by atoms with Crippen LogP contribution in [0.25, 0.3) is 0 Å². The first-order valence-corrected chi connectivity index (χ1v) is 3.61. The van der Waals surface area contributed by atoms with Crippen molar-refractivity contribution in [1.29, 1.82) is 0 Å². The van der Waals surface area contributed by atoms with Crippen molar-refractivity contribution >= 4 is 23.6 Å². The number of carbonyl (C=O) groups excluding carboxylic acids is 1. The smallest absolute Gasteiger partial charge is 0.280 e. The molecule has 0 aliphatic carbocycles. The van der Waals surface area contributed by atoms with Gasteiger partial charge in [-0.15, -0.1) is 0 Å². The molecule has 0 atom stereocenters. The fourth-order valence-electron chi connectivity index (χ4n) is 0.870. The van der Waals surface area contributed by atoms with Gasteiger partial charge in [-0.05, 0) is 13.8 Å². The molecule has 4 heteroatoms. The van der Waals surface area contributed by atoms with Gasteiger partial charge in [-0.2, -0.15) is 0 Å². The summed E-state index contributed by atoms with van der Waals surface area (Å²) < 4.78 is 5.17. The molecular formula is C7H9NO2S. The summed E-state index contributed by atoms with van der Waals surface area (Å²) in [5.41, 5.74) is 0.683. The number of thiol groups is 1. The van der Waals surface area contributed by atoms with Gasteiger partial charge in [-0.1, -0.05) is 12.6 Å². The highest BCUT2D eigenvalue weighted by Gasteiger charge is 2.04. The minimum absolute atomic E-state index is 0.381. The first-order chi connectivity index (χ1) is 5.09. The molecule has 0 saturated carbocycles. The average Bonchev–Trinajstić information content (AvgIpc) is 2.09. The zero-order valence-corrected chi connectivity index (χ0v) is 7.24. The third-order valence-corrected chi connectivity index (χ3v) is 1.39. The Hall–Kier alpha value is -0.900. The monoisotopic (exact) mass is 171 g/mol. The summed E-state index contributed by atoms with van der Waals surface area (Å²) in [6.45, 7) is 3.60. The van der Waals surface area contributed by atoms with Crippen LogP contribution in [-0.4, -0.2) is 5.24 Å². The van der Waals surface area contributed by atoms with Gasteiger partial charge < -0.3 is 9.73 Å². The Kier molecular flexibility index (Phi) is 2.24. The molecule has 0 unspecified atom stereocenters. The summed E-state index contributed by atoms with van der Waals surface area (Å²) in [4.78, 5) is 10.5. The second-order valence-electron chi connectivity index (χ2n) is 2.26. The summed E-state index contributed by atoms with van der Waals surface area (Å²) in [5, 5.41) is 2.14. The van der Waals surface area contributed by atoms with Gasteiger partial charge in [-0.3, -0.25) is 4.79 Å². The van der Waals surface area contributed by atoms with Gasteiger partial charge in [0.15, 0.2) is 0 Å². The molecule has 0 aliphatic rings. The highest BCUT2D eigenvalue weighted by molar-refractivity contribution is 7.96. The molecule has 1 amide bonds. The highest BCUT2D eigenvalue weighted by atomic mass is 32.1. The maximum absolute atomic E-state index is 10.5. The van der Waals surface area contributed by atoms with Crippen molar-refractivity contribution in [2.75, 3.05) is 5.32 Å². The number of furan rings is 1. The minimum atomic E-state index is -0.381. The Morgan fingerprint density at radius 2 is 2.27 bits per heavy atom. The number of carbonyl (C=O) groups is 1. The van der Waals surface area contributed by atoms with E-state index in [0.29, 0.717) is 11.4 Å². The molecule has 0 radical (unpaired) electrons. The van der Waals surface area contributed by atoms with E-state index in [2.05, 4.69) is 17.9 Å². The van der Waals surface area contributed by atoms with Crippen molar-refractivity contribution < 1.29 is 9.21 Å². The molecule has 60 valence electrons. The molecule has 0 spiro atoms. The van der Waals surface area contributed by atoms with E-state index in [1.807, 2.05) is 6.92 Å². The summed E-state index contributed by atoms with van der Waals surface area (Å²) in [5.74, 6) is 1.48. The topological polar surface area (TPSA) is 42.2 Å². The first-order valence-electron chi connectivity index (χ1n) is 3.16. The molecular weight excluding hydrogens is 162 g/mol. The van der Waals surface area contributed by atoms with Crippen molar-refractivity contribution in [1.82, 2.24) is 0 Å². The number of anilines is 1.